The summed E-state index contributed by atoms with van der Waals surface area (Å²) < 4.78 is 13.5. The predicted molar refractivity (Wildman–Crippen MR) is 131 cm³/mol. The lowest BCUT2D eigenvalue weighted by molar-refractivity contribution is -0.162. The Bertz CT molecular complexity index is 1010. The van der Waals surface area contributed by atoms with Gasteiger partial charge in [-0.05, 0) is 70.2 Å². The van der Waals surface area contributed by atoms with Gasteiger partial charge in [0.1, 0.15) is 29.5 Å². The molecule has 1 aromatic rings. The molecule has 7 N–H and O–H groups in total. The molecule has 2 unspecified atom stereocenters. The van der Waals surface area contributed by atoms with E-state index in [1.165, 1.54) is 43.0 Å². The molecule has 3 rings (SSSR count). The minimum absolute atomic E-state index is 0.0986. The maximum absolute atomic E-state index is 14.2. The number of nitrogens with one attached hydrogen (secondary N) is 1. The van der Waals surface area contributed by atoms with Gasteiger partial charge in [0.2, 0.25) is 11.8 Å². The van der Waals surface area contributed by atoms with Crippen LogP contribution in [0.4, 0.5) is 4.39 Å². The average molecular weight is 522 g/mol. The van der Waals surface area contributed by atoms with Crippen LogP contribution in [0.1, 0.15) is 45.1 Å². The smallest absolute Gasteiger partial charge is 0.252 e. The molecule has 0 aliphatic carbocycles. The number of halogens is 1. The number of hydrogen-bond acceptors (Lipinski definition) is 8. The number of carbonyl (C=O) groups is 4. The van der Waals surface area contributed by atoms with E-state index in [-0.39, 0.29) is 19.4 Å². The topological polar surface area (TPSA) is 179 Å². The molecule has 37 heavy (non-hydrogen) atoms. The fraction of sp³-hybridized carbons (Fsp3) is 0.600. The number of rotatable bonds is 9. The Kier molecular flexibility index (Phi) is 9.00. The summed E-state index contributed by atoms with van der Waals surface area (Å²) >= 11 is 0. The summed E-state index contributed by atoms with van der Waals surface area (Å²) in [6, 6.07) is 1.50. The van der Waals surface area contributed by atoms with Crippen molar-refractivity contribution in [1.82, 2.24) is 15.1 Å². The lowest BCUT2D eigenvalue weighted by atomic mass is 9.86. The van der Waals surface area contributed by atoms with Gasteiger partial charge in [0.15, 0.2) is 0 Å². The molecule has 2 heterocycles. The summed E-state index contributed by atoms with van der Waals surface area (Å²) in [4.78, 5) is 55.4. The first-order chi connectivity index (χ1) is 17.4. The molecule has 0 bridgehead atoms. The summed E-state index contributed by atoms with van der Waals surface area (Å²) in [6.07, 6.45) is -1.00. The highest BCUT2D eigenvalue weighted by molar-refractivity contribution is 6.07. The molecule has 1 aromatic carbocycles. The van der Waals surface area contributed by atoms with Crippen molar-refractivity contribution < 1.29 is 33.8 Å². The molecule has 2 saturated heterocycles. The quantitative estimate of drug-likeness (QED) is 0.251. The Morgan fingerprint density at radius 3 is 2.32 bits per heavy atom. The molecule has 12 heteroatoms. The van der Waals surface area contributed by atoms with Crippen molar-refractivity contribution in [2.75, 3.05) is 13.1 Å². The molecule has 11 nitrogen and oxygen atoms in total. The number of amides is 4. The van der Waals surface area contributed by atoms with Gasteiger partial charge < -0.3 is 31.9 Å². The Morgan fingerprint density at radius 2 is 1.81 bits per heavy atom. The van der Waals surface area contributed by atoms with Crippen LogP contribution in [0.15, 0.2) is 24.3 Å². The fourth-order valence-corrected chi connectivity index (χ4v) is 5.19. The van der Waals surface area contributed by atoms with E-state index in [9.17, 15) is 33.8 Å². The van der Waals surface area contributed by atoms with Gasteiger partial charge >= 0.3 is 0 Å². The van der Waals surface area contributed by atoms with E-state index < -0.39 is 65.3 Å². The van der Waals surface area contributed by atoms with Gasteiger partial charge in [-0.25, -0.2) is 4.39 Å². The molecule has 204 valence electrons. The second-order valence-electron chi connectivity index (χ2n) is 9.97. The largest absolute Gasteiger partial charge is 0.391 e. The van der Waals surface area contributed by atoms with Gasteiger partial charge in [0, 0.05) is 6.54 Å². The highest BCUT2D eigenvalue weighted by Crippen LogP contribution is 2.30. The predicted octanol–water partition coefficient (Wildman–Crippen LogP) is -1.22. The van der Waals surface area contributed by atoms with Crippen LogP contribution >= 0.6 is 0 Å². The Morgan fingerprint density at radius 1 is 1.16 bits per heavy atom. The third kappa shape index (κ3) is 5.98. The highest BCUT2D eigenvalue weighted by Gasteiger charge is 2.51. The summed E-state index contributed by atoms with van der Waals surface area (Å²) in [5.74, 6) is -3.80. The lowest BCUT2D eigenvalue weighted by Gasteiger charge is -2.40. The molecule has 0 spiro atoms. The normalized spacial score (nSPS) is 24.8. The number of hydrogen-bond donors (Lipinski definition) is 5. The minimum Gasteiger partial charge on any atom is -0.391 e. The average Bonchev–Trinajstić information content (AvgIpc) is 3.52. The number of likely N-dealkylation sites (tertiary alicyclic amines) is 1. The summed E-state index contributed by atoms with van der Waals surface area (Å²) in [7, 11) is 0. The van der Waals surface area contributed by atoms with E-state index in [1.807, 2.05) is 0 Å². The van der Waals surface area contributed by atoms with Crippen LogP contribution in [-0.2, 0) is 25.6 Å². The number of primary amides is 1. The summed E-state index contributed by atoms with van der Waals surface area (Å²) in [6.45, 7) is 3.24. The summed E-state index contributed by atoms with van der Waals surface area (Å²) in [5.41, 5.74) is 10.7. The molecule has 2 aliphatic rings. The van der Waals surface area contributed by atoms with Gasteiger partial charge in [-0.2, -0.15) is 0 Å². The molecule has 0 saturated carbocycles. The summed E-state index contributed by atoms with van der Waals surface area (Å²) in [5, 5.41) is 23.4. The maximum atomic E-state index is 14.2. The Hall–Kier alpha value is -2.93. The number of nitrogens with zero attached hydrogens (tertiary/aromatic N) is 2. The van der Waals surface area contributed by atoms with E-state index in [4.69, 9.17) is 11.5 Å². The third-order valence-electron chi connectivity index (χ3n) is 7.18. The van der Waals surface area contributed by atoms with Crippen LogP contribution in [0.25, 0.3) is 0 Å². The molecule has 0 aromatic heterocycles. The Balaban J connectivity index is 2.02. The zero-order valence-electron chi connectivity index (χ0n) is 21.1. The van der Waals surface area contributed by atoms with Crippen molar-refractivity contribution in [2.24, 2.45) is 11.5 Å². The van der Waals surface area contributed by atoms with Crippen LogP contribution in [0.2, 0.25) is 0 Å². The first kappa shape index (κ1) is 28.6. The van der Waals surface area contributed by atoms with Crippen LogP contribution in [-0.4, -0.2) is 92.6 Å². The van der Waals surface area contributed by atoms with Gasteiger partial charge in [0.05, 0.1) is 12.2 Å². The highest BCUT2D eigenvalue weighted by atomic mass is 19.1. The van der Waals surface area contributed by atoms with Gasteiger partial charge in [-0.15, -0.1) is 0 Å². The number of carbonyl (C=O) groups excluding carboxylic acids is 4. The van der Waals surface area contributed by atoms with E-state index in [0.717, 1.165) is 0 Å². The van der Waals surface area contributed by atoms with Crippen molar-refractivity contribution in [3.8, 4) is 0 Å². The zero-order valence-corrected chi connectivity index (χ0v) is 21.1. The molecule has 6 atom stereocenters. The van der Waals surface area contributed by atoms with Crippen molar-refractivity contribution in [1.29, 1.82) is 0 Å². The molecule has 4 amide bonds. The number of imide groups is 1. The zero-order chi connectivity index (χ0) is 27.5. The van der Waals surface area contributed by atoms with Crippen LogP contribution in [0.3, 0.4) is 0 Å². The van der Waals surface area contributed by atoms with Crippen molar-refractivity contribution in [2.45, 2.75) is 81.8 Å². The standard InChI is InChI=1S/C25H36FN5O6/c1-14(32)19(27)23(36)30-12-3-5-18(30)22(35)31(20(15(2)33)21(28)34)24(37)25(10-4-11-29-25)13-16-6-8-17(26)9-7-16/h6-9,14-15,18-20,29,32-33H,3-5,10-13,27H2,1-2H3,(H2,28,34)/t14-,15?,18?,19+,20+,25-/m0/s1. The van der Waals surface area contributed by atoms with E-state index in [1.54, 1.807) is 0 Å². The number of benzene rings is 1. The number of aliphatic hydroxyl groups is 2. The molecular weight excluding hydrogens is 485 g/mol. The van der Waals surface area contributed by atoms with Crippen LogP contribution in [0.5, 0.6) is 0 Å². The van der Waals surface area contributed by atoms with Crippen molar-refractivity contribution in [3.05, 3.63) is 35.6 Å². The maximum Gasteiger partial charge on any atom is 0.252 e. The lowest BCUT2D eigenvalue weighted by Crippen LogP contribution is -2.67. The first-order valence-corrected chi connectivity index (χ1v) is 12.5. The van der Waals surface area contributed by atoms with Gasteiger partial charge in [-0.1, -0.05) is 12.1 Å². The molecule has 2 aliphatic heterocycles. The second kappa shape index (κ2) is 11.6. The third-order valence-corrected chi connectivity index (χ3v) is 7.18. The number of aliphatic hydroxyl groups excluding tert-OH is 2. The monoisotopic (exact) mass is 521 g/mol. The van der Waals surface area contributed by atoms with Crippen LogP contribution < -0.4 is 16.8 Å². The van der Waals surface area contributed by atoms with E-state index >= 15 is 0 Å². The van der Waals surface area contributed by atoms with E-state index in [0.29, 0.717) is 36.3 Å². The van der Waals surface area contributed by atoms with Crippen molar-refractivity contribution in [3.63, 3.8) is 0 Å². The van der Waals surface area contributed by atoms with Gasteiger partial charge in [-0.3, -0.25) is 24.1 Å². The number of nitrogens with two attached hydrogens (primary N) is 2. The minimum atomic E-state index is -1.68. The molecule has 2 fully saturated rings. The fourth-order valence-electron chi connectivity index (χ4n) is 5.19. The van der Waals surface area contributed by atoms with Gasteiger partial charge in [0.25, 0.3) is 11.8 Å². The Labute approximate surface area is 215 Å². The first-order valence-electron chi connectivity index (χ1n) is 12.5. The van der Waals surface area contributed by atoms with E-state index in [2.05, 4.69) is 5.32 Å². The SMILES string of the molecule is CC(O)[C@H](C(N)=O)N(C(=O)C1CCCN1C(=O)[C@H](N)[C@H](C)O)C(=O)[C@@]1(Cc2ccc(F)cc2)CCCN1. The molecule has 0 radical (unpaired) electrons. The molecular formula is C25H36FN5O6. The second-order valence-corrected chi connectivity index (χ2v) is 9.97. The van der Waals surface area contributed by atoms with Crippen molar-refractivity contribution >= 4 is 23.6 Å². The van der Waals surface area contributed by atoms with Crippen LogP contribution in [0, 0.1) is 5.82 Å².